The van der Waals surface area contributed by atoms with Crippen LogP contribution >= 0.6 is 0 Å². The van der Waals surface area contributed by atoms with Crippen molar-refractivity contribution in [3.8, 4) is 0 Å². The average Bonchev–Trinajstić information content (AvgIpc) is 2.95. The van der Waals surface area contributed by atoms with Crippen LogP contribution in [0.25, 0.3) is 0 Å². The number of hydrogen-bond donors (Lipinski definition) is 1. The molecule has 4 nitrogen and oxygen atoms in total. The first-order chi connectivity index (χ1) is 10.9. The Morgan fingerprint density at radius 1 is 1.22 bits per heavy atom. The zero-order valence-corrected chi connectivity index (χ0v) is 14.5. The quantitative estimate of drug-likeness (QED) is 0.908. The third-order valence-electron chi connectivity index (χ3n) is 4.32. The van der Waals surface area contributed by atoms with E-state index in [1.54, 1.807) is 0 Å². The highest BCUT2D eigenvalue weighted by atomic mass is 16.2. The molecule has 0 saturated carbocycles. The van der Waals surface area contributed by atoms with Crippen LogP contribution in [-0.4, -0.2) is 35.8 Å². The van der Waals surface area contributed by atoms with Crippen LogP contribution in [0.3, 0.4) is 0 Å². The lowest BCUT2D eigenvalue weighted by Crippen LogP contribution is -2.40. The van der Waals surface area contributed by atoms with Gasteiger partial charge in [-0.2, -0.15) is 0 Å². The first-order valence-electron chi connectivity index (χ1n) is 8.49. The molecule has 1 unspecified atom stereocenters. The Morgan fingerprint density at radius 3 is 2.57 bits per heavy atom. The minimum Gasteiger partial charge on any atom is -0.355 e. The number of rotatable bonds is 5. The van der Waals surface area contributed by atoms with Crippen molar-refractivity contribution in [2.75, 3.05) is 13.1 Å². The molecule has 1 heterocycles. The molecule has 4 heteroatoms. The summed E-state index contributed by atoms with van der Waals surface area (Å²) in [6, 6.07) is 10.6. The van der Waals surface area contributed by atoms with Crippen molar-refractivity contribution in [3.05, 3.63) is 35.9 Å². The molecule has 1 N–H and O–H groups in total. The largest absolute Gasteiger partial charge is 0.355 e. The fraction of sp³-hybridized carbons (Fsp3) is 0.579. The van der Waals surface area contributed by atoms with E-state index < -0.39 is 5.41 Å². The lowest BCUT2D eigenvalue weighted by molar-refractivity contribution is -0.132. The van der Waals surface area contributed by atoms with Crippen LogP contribution in [0.5, 0.6) is 0 Å². The van der Waals surface area contributed by atoms with Gasteiger partial charge in [0.05, 0.1) is 0 Å². The normalized spacial score (nSPS) is 18.0. The predicted molar refractivity (Wildman–Crippen MR) is 92.0 cm³/mol. The fourth-order valence-corrected chi connectivity index (χ4v) is 2.95. The minimum absolute atomic E-state index is 0.00689. The summed E-state index contributed by atoms with van der Waals surface area (Å²) >= 11 is 0. The van der Waals surface area contributed by atoms with Gasteiger partial charge in [-0.25, -0.2) is 0 Å². The fourth-order valence-electron chi connectivity index (χ4n) is 2.95. The van der Waals surface area contributed by atoms with E-state index >= 15 is 0 Å². The van der Waals surface area contributed by atoms with Crippen molar-refractivity contribution in [3.63, 3.8) is 0 Å². The van der Waals surface area contributed by atoms with E-state index in [0.717, 1.165) is 25.8 Å². The number of amides is 2. The molecule has 1 fully saturated rings. The predicted octanol–water partition coefficient (Wildman–Crippen LogP) is 2.77. The number of carbonyl (C=O) groups is 2. The van der Waals surface area contributed by atoms with Crippen LogP contribution in [0.4, 0.5) is 0 Å². The number of likely N-dealkylation sites (tertiary alicyclic amines) is 1. The average molecular weight is 316 g/mol. The Morgan fingerprint density at radius 2 is 1.91 bits per heavy atom. The monoisotopic (exact) mass is 316 g/mol. The first-order valence-corrected chi connectivity index (χ1v) is 8.49. The summed E-state index contributed by atoms with van der Waals surface area (Å²) in [5.41, 5.74) is 0.866. The van der Waals surface area contributed by atoms with Gasteiger partial charge in [-0.05, 0) is 24.8 Å². The molecule has 1 aliphatic heterocycles. The highest BCUT2D eigenvalue weighted by Gasteiger charge is 2.28. The molecule has 2 amide bonds. The van der Waals surface area contributed by atoms with Gasteiger partial charge in [0.25, 0.3) is 0 Å². The van der Waals surface area contributed by atoms with E-state index in [4.69, 9.17) is 0 Å². The van der Waals surface area contributed by atoms with Crippen molar-refractivity contribution >= 4 is 11.8 Å². The van der Waals surface area contributed by atoms with Gasteiger partial charge >= 0.3 is 0 Å². The number of nitrogens with one attached hydrogen (secondary N) is 1. The summed E-state index contributed by atoms with van der Waals surface area (Å²) in [6.07, 6.45) is 3.43. The van der Waals surface area contributed by atoms with Gasteiger partial charge in [-0.15, -0.1) is 0 Å². The zero-order valence-electron chi connectivity index (χ0n) is 14.5. The summed E-state index contributed by atoms with van der Waals surface area (Å²) in [5.74, 6) is 0.144. The molecule has 1 aliphatic rings. The lowest BCUT2D eigenvalue weighted by atomic mass is 9.96. The second kappa shape index (κ2) is 7.62. The van der Waals surface area contributed by atoms with E-state index in [0.29, 0.717) is 19.0 Å². The van der Waals surface area contributed by atoms with Gasteiger partial charge in [-0.1, -0.05) is 51.1 Å². The number of hydrogen-bond acceptors (Lipinski definition) is 2. The zero-order chi connectivity index (χ0) is 16.9. The Labute approximate surface area is 139 Å². The number of benzene rings is 1. The Kier molecular flexibility index (Phi) is 5.80. The van der Waals surface area contributed by atoms with E-state index in [1.165, 1.54) is 5.56 Å². The molecular weight excluding hydrogens is 288 g/mol. The molecule has 0 spiro atoms. The van der Waals surface area contributed by atoms with Gasteiger partial charge in [0, 0.05) is 31.0 Å². The Bertz CT molecular complexity index is 534. The van der Waals surface area contributed by atoms with Gasteiger partial charge in [0.1, 0.15) is 0 Å². The van der Waals surface area contributed by atoms with Crippen molar-refractivity contribution in [2.45, 2.75) is 52.5 Å². The van der Waals surface area contributed by atoms with Gasteiger partial charge in [-0.3, -0.25) is 9.59 Å². The van der Waals surface area contributed by atoms with Crippen LogP contribution in [0.1, 0.15) is 45.6 Å². The molecule has 2 rings (SSSR count). The molecule has 0 aliphatic carbocycles. The highest BCUT2D eigenvalue weighted by molar-refractivity contribution is 5.82. The van der Waals surface area contributed by atoms with Gasteiger partial charge in [0.2, 0.25) is 11.8 Å². The maximum absolute atomic E-state index is 12.5. The molecule has 1 saturated heterocycles. The van der Waals surface area contributed by atoms with Gasteiger partial charge < -0.3 is 10.2 Å². The molecule has 0 bridgehead atoms. The minimum atomic E-state index is -0.410. The van der Waals surface area contributed by atoms with Gasteiger partial charge in [0.15, 0.2) is 0 Å². The number of carbonyl (C=O) groups excluding carboxylic acids is 2. The topological polar surface area (TPSA) is 49.4 Å². The summed E-state index contributed by atoms with van der Waals surface area (Å²) in [7, 11) is 0. The second-order valence-corrected chi connectivity index (χ2v) is 7.33. The maximum Gasteiger partial charge on any atom is 0.225 e. The second-order valence-electron chi connectivity index (χ2n) is 7.33. The summed E-state index contributed by atoms with van der Waals surface area (Å²) in [4.78, 5) is 26.3. The van der Waals surface area contributed by atoms with E-state index in [1.807, 2.05) is 43.9 Å². The smallest absolute Gasteiger partial charge is 0.225 e. The maximum atomic E-state index is 12.5. The molecule has 126 valence electrons. The third kappa shape index (κ3) is 5.08. The van der Waals surface area contributed by atoms with Crippen LogP contribution in [0.15, 0.2) is 30.3 Å². The number of nitrogens with zero attached hydrogens (tertiary/aromatic N) is 1. The van der Waals surface area contributed by atoms with Crippen molar-refractivity contribution in [1.29, 1.82) is 0 Å². The Hall–Kier alpha value is -1.84. The van der Waals surface area contributed by atoms with E-state index in [9.17, 15) is 9.59 Å². The third-order valence-corrected chi connectivity index (χ3v) is 4.32. The molecule has 1 aromatic carbocycles. The standard InChI is InChI=1S/C19H28N2O2/c1-19(2,3)18(23)20-12-11-17(22)21-13-7-10-16(21)14-15-8-5-4-6-9-15/h4-6,8-9,16H,7,10-14H2,1-3H3,(H,20,23). The van der Waals surface area contributed by atoms with Crippen LogP contribution in [0, 0.1) is 5.41 Å². The van der Waals surface area contributed by atoms with Crippen LogP contribution < -0.4 is 5.32 Å². The molecular formula is C19H28N2O2. The SMILES string of the molecule is CC(C)(C)C(=O)NCCC(=O)N1CCCC1Cc1ccccc1. The van der Waals surface area contributed by atoms with Crippen LogP contribution in [0.2, 0.25) is 0 Å². The molecule has 0 aromatic heterocycles. The van der Waals surface area contributed by atoms with Crippen molar-refractivity contribution in [1.82, 2.24) is 10.2 Å². The summed E-state index contributed by atoms with van der Waals surface area (Å²) in [6.45, 7) is 6.88. The molecule has 0 radical (unpaired) electrons. The van der Waals surface area contributed by atoms with Crippen LogP contribution in [-0.2, 0) is 16.0 Å². The molecule has 1 atom stereocenters. The van der Waals surface area contributed by atoms with Crippen molar-refractivity contribution in [2.24, 2.45) is 5.41 Å². The Balaban J connectivity index is 1.82. The van der Waals surface area contributed by atoms with Crippen molar-refractivity contribution < 1.29 is 9.59 Å². The lowest BCUT2D eigenvalue weighted by Gasteiger charge is -2.25. The highest BCUT2D eigenvalue weighted by Crippen LogP contribution is 2.22. The van der Waals surface area contributed by atoms with E-state index in [-0.39, 0.29) is 11.8 Å². The summed E-state index contributed by atoms with van der Waals surface area (Å²) < 4.78 is 0. The molecule has 23 heavy (non-hydrogen) atoms. The summed E-state index contributed by atoms with van der Waals surface area (Å²) in [5, 5.41) is 2.86. The first kappa shape index (κ1) is 17.5. The van der Waals surface area contributed by atoms with E-state index in [2.05, 4.69) is 17.4 Å². The molecule has 1 aromatic rings.